The minimum atomic E-state index is -1.30. The molecule has 0 saturated heterocycles. The molecule has 8 nitrogen and oxygen atoms in total. The minimum absolute atomic E-state index is 0.205. The summed E-state index contributed by atoms with van der Waals surface area (Å²) in [5.74, 6) is -2.44. The van der Waals surface area contributed by atoms with E-state index in [1.165, 1.54) is 11.9 Å². The summed E-state index contributed by atoms with van der Waals surface area (Å²) >= 11 is 0. The number of likely N-dealkylation sites (N-methyl/N-ethyl adjacent to an activating group) is 1. The van der Waals surface area contributed by atoms with E-state index in [1.807, 2.05) is 0 Å². The average molecular weight is 276 g/mol. The quantitative estimate of drug-likeness (QED) is 0.506. The van der Waals surface area contributed by atoms with Crippen LogP contribution in [0.15, 0.2) is 0 Å². The van der Waals surface area contributed by atoms with E-state index in [1.54, 1.807) is 13.8 Å². The Hall–Kier alpha value is -1.83. The maximum Gasteiger partial charge on any atom is 0.326 e. The maximum atomic E-state index is 11.8. The van der Waals surface area contributed by atoms with Crippen LogP contribution in [0, 0.1) is 0 Å². The molecule has 0 aromatic carbocycles. The molecule has 8 heteroatoms. The van der Waals surface area contributed by atoms with E-state index in [2.05, 4.69) is 5.32 Å². The van der Waals surface area contributed by atoms with Crippen molar-refractivity contribution >= 4 is 18.0 Å². The van der Waals surface area contributed by atoms with Gasteiger partial charge in [0, 0.05) is 13.5 Å². The van der Waals surface area contributed by atoms with E-state index in [0.29, 0.717) is 0 Å². The van der Waals surface area contributed by atoms with Crippen LogP contribution in [0.1, 0.15) is 26.7 Å². The Kier molecular flexibility index (Phi) is 6.26. The van der Waals surface area contributed by atoms with Crippen LogP contribution >= 0.6 is 0 Å². The Bertz CT molecular complexity index is 355. The van der Waals surface area contributed by atoms with E-state index < -0.39 is 29.6 Å². The first-order valence-electron chi connectivity index (χ1n) is 5.71. The summed E-state index contributed by atoms with van der Waals surface area (Å²) in [5.41, 5.74) is -0.847. The first kappa shape index (κ1) is 17.2. The fourth-order valence-electron chi connectivity index (χ4n) is 1.15. The van der Waals surface area contributed by atoms with Crippen LogP contribution in [-0.4, -0.2) is 63.4 Å². The average Bonchev–Trinajstić information content (AvgIpc) is 2.32. The normalized spacial score (nSPS) is 12.6. The standard InChI is InChI=1S/C11H20N2O6/c1-11(2,6-14)13(3)10(19)12-7(9(17)18)4-5-8(15)16/h7,14H,4-6H2,1-3H3,(H,12,19)(H,15,16)(H,17,18). The molecule has 0 radical (unpaired) electrons. The number of carboxylic acids is 2. The number of aliphatic hydroxyl groups is 1. The Labute approximate surface area is 111 Å². The molecule has 2 amide bonds. The van der Waals surface area contributed by atoms with Crippen LogP contribution in [0.3, 0.4) is 0 Å². The summed E-state index contributed by atoms with van der Waals surface area (Å²) in [7, 11) is 1.42. The number of carboxylic acid groups (broad SMARTS) is 2. The summed E-state index contributed by atoms with van der Waals surface area (Å²) in [5, 5.41) is 28.7. The van der Waals surface area contributed by atoms with Crippen LogP contribution in [0.25, 0.3) is 0 Å². The molecule has 0 bridgehead atoms. The van der Waals surface area contributed by atoms with Crippen molar-refractivity contribution in [1.82, 2.24) is 10.2 Å². The molecule has 1 atom stereocenters. The van der Waals surface area contributed by atoms with Gasteiger partial charge in [0.25, 0.3) is 0 Å². The van der Waals surface area contributed by atoms with Gasteiger partial charge in [-0.3, -0.25) is 4.79 Å². The van der Waals surface area contributed by atoms with E-state index >= 15 is 0 Å². The van der Waals surface area contributed by atoms with Crippen LogP contribution in [0.4, 0.5) is 4.79 Å². The first-order chi connectivity index (χ1) is 8.61. The van der Waals surface area contributed by atoms with E-state index in [9.17, 15) is 14.4 Å². The van der Waals surface area contributed by atoms with Gasteiger partial charge in [0.15, 0.2) is 0 Å². The van der Waals surface area contributed by atoms with Gasteiger partial charge in [-0.1, -0.05) is 0 Å². The molecule has 0 spiro atoms. The number of urea groups is 1. The molecule has 0 saturated carbocycles. The van der Waals surface area contributed by atoms with Gasteiger partial charge in [-0.15, -0.1) is 0 Å². The van der Waals surface area contributed by atoms with Gasteiger partial charge in [0.1, 0.15) is 6.04 Å². The van der Waals surface area contributed by atoms with Crippen molar-refractivity contribution < 1.29 is 29.7 Å². The topological polar surface area (TPSA) is 127 Å². The van der Waals surface area contributed by atoms with Gasteiger partial charge < -0.3 is 25.5 Å². The lowest BCUT2D eigenvalue weighted by Crippen LogP contribution is -2.55. The van der Waals surface area contributed by atoms with Gasteiger partial charge >= 0.3 is 18.0 Å². The van der Waals surface area contributed by atoms with Crippen LogP contribution in [-0.2, 0) is 9.59 Å². The van der Waals surface area contributed by atoms with Crippen molar-refractivity contribution in [1.29, 1.82) is 0 Å². The number of nitrogens with one attached hydrogen (secondary N) is 1. The Morgan fingerprint density at radius 2 is 1.79 bits per heavy atom. The second-order valence-electron chi connectivity index (χ2n) is 4.80. The smallest absolute Gasteiger partial charge is 0.326 e. The molecular formula is C11H20N2O6. The van der Waals surface area contributed by atoms with Gasteiger partial charge in [0.2, 0.25) is 0 Å². The molecule has 1 unspecified atom stereocenters. The zero-order valence-electron chi connectivity index (χ0n) is 11.2. The number of rotatable bonds is 7. The van der Waals surface area contributed by atoms with Crippen LogP contribution < -0.4 is 5.32 Å². The third-order valence-electron chi connectivity index (χ3n) is 2.84. The van der Waals surface area contributed by atoms with Gasteiger partial charge in [-0.05, 0) is 20.3 Å². The van der Waals surface area contributed by atoms with Crippen LogP contribution in [0.2, 0.25) is 0 Å². The zero-order valence-corrected chi connectivity index (χ0v) is 11.2. The summed E-state index contributed by atoms with van der Waals surface area (Å²) in [6.07, 6.45) is -0.561. The second-order valence-corrected chi connectivity index (χ2v) is 4.80. The second kappa shape index (κ2) is 6.93. The summed E-state index contributed by atoms with van der Waals surface area (Å²) in [4.78, 5) is 34.3. The lowest BCUT2D eigenvalue weighted by molar-refractivity contribution is -0.140. The molecule has 19 heavy (non-hydrogen) atoms. The van der Waals surface area contributed by atoms with Gasteiger partial charge in [0.05, 0.1) is 12.1 Å². The Morgan fingerprint density at radius 1 is 1.26 bits per heavy atom. The van der Waals surface area contributed by atoms with Crippen molar-refractivity contribution in [3.05, 3.63) is 0 Å². The summed E-state index contributed by atoms with van der Waals surface area (Å²) in [6.45, 7) is 2.93. The number of carbonyl (C=O) groups excluding carboxylic acids is 1. The fourth-order valence-corrected chi connectivity index (χ4v) is 1.15. The van der Waals surface area contributed by atoms with Crippen molar-refractivity contribution in [3.63, 3.8) is 0 Å². The Balaban J connectivity index is 4.64. The predicted molar refractivity (Wildman–Crippen MR) is 65.8 cm³/mol. The minimum Gasteiger partial charge on any atom is -0.481 e. The molecule has 0 aliphatic rings. The molecule has 4 N–H and O–H groups in total. The molecule has 0 aromatic rings. The summed E-state index contributed by atoms with van der Waals surface area (Å²) < 4.78 is 0. The lowest BCUT2D eigenvalue weighted by Gasteiger charge is -2.34. The number of aliphatic carboxylic acids is 2. The maximum absolute atomic E-state index is 11.8. The monoisotopic (exact) mass is 276 g/mol. The number of carbonyl (C=O) groups is 3. The number of nitrogens with zero attached hydrogens (tertiary/aromatic N) is 1. The molecule has 0 aliphatic carbocycles. The van der Waals surface area contributed by atoms with Crippen LogP contribution in [0.5, 0.6) is 0 Å². The van der Waals surface area contributed by atoms with Gasteiger partial charge in [-0.25, -0.2) is 9.59 Å². The third-order valence-corrected chi connectivity index (χ3v) is 2.84. The Morgan fingerprint density at radius 3 is 2.16 bits per heavy atom. The number of aliphatic hydroxyl groups excluding tert-OH is 1. The molecule has 0 aliphatic heterocycles. The van der Waals surface area contributed by atoms with Crippen molar-refractivity contribution in [3.8, 4) is 0 Å². The highest BCUT2D eigenvalue weighted by atomic mass is 16.4. The first-order valence-corrected chi connectivity index (χ1v) is 5.71. The molecule has 110 valence electrons. The highest BCUT2D eigenvalue weighted by Gasteiger charge is 2.29. The third kappa shape index (κ3) is 5.56. The molecule has 0 rings (SSSR count). The number of amides is 2. The predicted octanol–water partition coefficient (Wildman–Crippen LogP) is -0.283. The SMILES string of the molecule is CN(C(=O)NC(CCC(=O)O)C(=O)O)C(C)(C)CO. The highest BCUT2D eigenvalue weighted by Crippen LogP contribution is 2.11. The van der Waals surface area contributed by atoms with E-state index in [0.717, 1.165) is 0 Å². The number of hydrogen-bond donors (Lipinski definition) is 4. The molecule has 0 aromatic heterocycles. The van der Waals surface area contributed by atoms with E-state index in [-0.39, 0.29) is 19.4 Å². The van der Waals surface area contributed by atoms with Crippen molar-refractivity contribution in [2.75, 3.05) is 13.7 Å². The zero-order chi connectivity index (χ0) is 15.2. The fraction of sp³-hybridized carbons (Fsp3) is 0.727. The van der Waals surface area contributed by atoms with Gasteiger partial charge in [-0.2, -0.15) is 0 Å². The summed E-state index contributed by atoms with van der Waals surface area (Å²) in [6, 6.07) is -1.96. The highest BCUT2D eigenvalue weighted by molar-refractivity contribution is 5.83. The van der Waals surface area contributed by atoms with Crippen molar-refractivity contribution in [2.45, 2.75) is 38.3 Å². The van der Waals surface area contributed by atoms with E-state index in [4.69, 9.17) is 15.3 Å². The largest absolute Gasteiger partial charge is 0.481 e. The van der Waals surface area contributed by atoms with Crippen molar-refractivity contribution in [2.24, 2.45) is 0 Å². The number of hydrogen-bond acceptors (Lipinski definition) is 4. The molecule has 0 fully saturated rings. The molecular weight excluding hydrogens is 256 g/mol. The molecule has 0 heterocycles. The lowest BCUT2D eigenvalue weighted by atomic mass is 10.1.